The average Bonchev–Trinajstić information content (AvgIpc) is 2.65. The number of benzene rings is 4. The van der Waals surface area contributed by atoms with E-state index in [1.165, 1.54) is 12.1 Å². The van der Waals surface area contributed by atoms with Crippen molar-refractivity contribution in [3.63, 3.8) is 0 Å². The maximum Gasteiger partial charge on any atom is 0.195 e. The zero-order chi connectivity index (χ0) is 20.3. The van der Waals surface area contributed by atoms with Crippen LogP contribution in [-0.2, 0) is 0 Å². The van der Waals surface area contributed by atoms with Gasteiger partial charge in [-0.3, -0.25) is 0 Å². The molecule has 0 fully saturated rings. The zero-order valence-electron chi connectivity index (χ0n) is 13.5. The van der Waals surface area contributed by atoms with E-state index in [9.17, 15) is 35.1 Å². The first-order chi connectivity index (χ1) is 13.2. The molecule has 0 radical (unpaired) electrons. The van der Waals surface area contributed by atoms with Gasteiger partial charge in [-0.15, -0.1) is 0 Å². The van der Waals surface area contributed by atoms with Gasteiger partial charge in [0, 0.05) is 5.56 Å². The van der Waals surface area contributed by atoms with E-state index in [1.54, 1.807) is 0 Å². The van der Waals surface area contributed by atoms with Gasteiger partial charge in [0.2, 0.25) is 0 Å². The molecule has 0 amide bonds. The maximum absolute atomic E-state index is 14.8. The quantitative estimate of drug-likeness (QED) is 0.144. The van der Waals surface area contributed by atoms with E-state index in [2.05, 4.69) is 0 Å². The molecule has 0 aliphatic carbocycles. The Balaban J connectivity index is 2.32. The van der Waals surface area contributed by atoms with Crippen LogP contribution in [0.2, 0.25) is 0 Å². The van der Waals surface area contributed by atoms with E-state index in [4.69, 9.17) is 0 Å². The number of fused-ring (bicyclic) bond motifs is 2. The van der Waals surface area contributed by atoms with Crippen LogP contribution in [0.3, 0.4) is 0 Å². The number of hydrogen-bond acceptors (Lipinski definition) is 0. The lowest BCUT2D eigenvalue weighted by atomic mass is 9.93. The zero-order valence-corrected chi connectivity index (χ0v) is 13.5. The second kappa shape index (κ2) is 6.19. The molecule has 0 aliphatic heterocycles. The first kappa shape index (κ1) is 18.2. The lowest BCUT2D eigenvalue weighted by Gasteiger charge is -2.15. The van der Waals surface area contributed by atoms with Crippen LogP contribution in [0.25, 0.3) is 32.7 Å². The molecule has 0 nitrogen and oxygen atoms in total. The molecule has 4 aromatic rings. The maximum atomic E-state index is 14.8. The monoisotopic (exact) mass is 398 g/mol. The van der Waals surface area contributed by atoms with Gasteiger partial charge in [0.05, 0.1) is 16.3 Å². The molecule has 142 valence electrons. The fourth-order valence-corrected chi connectivity index (χ4v) is 3.21. The number of hydrogen-bond donors (Lipinski definition) is 0. The normalized spacial score (nSPS) is 11.6. The molecule has 28 heavy (non-hydrogen) atoms. The van der Waals surface area contributed by atoms with Crippen LogP contribution in [0.5, 0.6) is 0 Å². The standard InChI is InChI=1S/C20H6F8/c21-9-3-1-2-7-6-8-13(15-10(22)4-5-11(23)16(15)24)18(26)20(28)19(27)14(8)17(25)12(7)9/h1-6H. The Bertz CT molecular complexity index is 1290. The molecule has 0 saturated heterocycles. The SMILES string of the molecule is Fc1ccc(F)c(-c2c(F)c(F)c(F)c3c(F)c4c(F)cccc4cc23)c1F. The molecule has 8 heteroatoms. The van der Waals surface area contributed by atoms with E-state index in [-0.39, 0.29) is 5.39 Å². The van der Waals surface area contributed by atoms with Gasteiger partial charge in [-0.25, -0.2) is 35.1 Å². The van der Waals surface area contributed by atoms with Crippen molar-refractivity contribution in [2.75, 3.05) is 0 Å². The molecular weight excluding hydrogens is 392 g/mol. The highest BCUT2D eigenvalue weighted by Gasteiger charge is 2.29. The Morgan fingerprint density at radius 3 is 1.86 bits per heavy atom. The minimum atomic E-state index is -2.24. The summed E-state index contributed by atoms with van der Waals surface area (Å²) in [7, 11) is 0. The second-order valence-electron chi connectivity index (χ2n) is 5.99. The molecule has 4 aromatic carbocycles. The van der Waals surface area contributed by atoms with Crippen LogP contribution >= 0.6 is 0 Å². The Morgan fingerprint density at radius 1 is 0.464 bits per heavy atom. The first-order valence-electron chi connectivity index (χ1n) is 7.74. The smallest absolute Gasteiger partial charge is 0.195 e. The lowest BCUT2D eigenvalue weighted by molar-refractivity contribution is 0.451. The third kappa shape index (κ3) is 2.37. The largest absolute Gasteiger partial charge is 0.206 e. The van der Waals surface area contributed by atoms with Gasteiger partial charge in [-0.2, -0.15) is 0 Å². The van der Waals surface area contributed by atoms with Crippen molar-refractivity contribution in [3.8, 4) is 11.1 Å². The third-order valence-corrected chi connectivity index (χ3v) is 4.44. The van der Waals surface area contributed by atoms with Gasteiger partial charge < -0.3 is 0 Å². The molecule has 0 bridgehead atoms. The highest BCUT2D eigenvalue weighted by molar-refractivity contribution is 6.06. The predicted octanol–water partition coefficient (Wildman–Crippen LogP) is 6.77. The fraction of sp³-hybridized carbons (Fsp3) is 0. The van der Waals surface area contributed by atoms with Crippen molar-refractivity contribution in [3.05, 3.63) is 82.9 Å². The summed E-state index contributed by atoms with van der Waals surface area (Å²) >= 11 is 0. The molecular formula is C20H6F8. The highest BCUT2D eigenvalue weighted by atomic mass is 19.2. The van der Waals surface area contributed by atoms with Gasteiger partial charge in [0.1, 0.15) is 17.5 Å². The van der Waals surface area contributed by atoms with E-state index >= 15 is 0 Å². The summed E-state index contributed by atoms with van der Waals surface area (Å²) in [4.78, 5) is 0. The Kier molecular flexibility index (Phi) is 4.02. The first-order valence-corrected chi connectivity index (χ1v) is 7.74. The van der Waals surface area contributed by atoms with Crippen LogP contribution in [0.15, 0.2) is 36.4 Å². The van der Waals surface area contributed by atoms with Crippen molar-refractivity contribution in [2.45, 2.75) is 0 Å². The minimum absolute atomic E-state index is 0.200. The topological polar surface area (TPSA) is 0 Å². The minimum Gasteiger partial charge on any atom is -0.206 e. The van der Waals surface area contributed by atoms with Gasteiger partial charge in [-0.05, 0) is 35.0 Å². The van der Waals surface area contributed by atoms with Crippen LogP contribution in [0.4, 0.5) is 35.1 Å². The molecule has 0 unspecified atom stereocenters. The predicted molar refractivity (Wildman–Crippen MR) is 86.6 cm³/mol. The van der Waals surface area contributed by atoms with Crippen molar-refractivity contribution in [1.82, 2.24) is 0 Å². The Labute approximate surface area is 151 Å². The van der Waals surface area contributed by atoms with Crippen LogP contribution in [-0.4, -0.2) is 0 Å². The summed E-state index contributed by atoms with van der Waals surface area (Å²) in [5.74, 6) is -13.9. The lowest BCUT2D eigenvalue weighted by Crippen LogP contribution is -2.04. The van der Waals surface area contributed by atoms with Crippen molar-refractivity contribution in [1.29, 1.82) is 0 Å². The summed E-state index contributed by atoms with van der Waals surface area (Å²) in [5.41, 5.74) is -2.55. The summed E-state index contributed by atoms with van der Waals surface area (Å²) in [5, 5.41) is -2.91. The number of rotatable bonds is 1. The number of halogens is 8. The molecule has 0 atom stereocenters. The van der Waals surface area contributed by atoms with Gasteiger partial charge >= 0.3 is 0 Å². The van der Waals surface area contributed by atoms with Crippen molar-refractivity contribution in [2.24, 2.45) is 0 Å². The van der Waals surface area contributed by atoms with Gasteiger partial charge in [-0.1, -0.05) is 12.1 Å². The van der Waals surface area contributed by atoms with E-state index in [0.717, 1.165) is 12.1 Å². The summed E-state index contributed by atoms with van der Waals surface area (Å²) in [6, 6.07) is 4.94. The third-order valence-electron chi connectivity index (χ3n) is 4.44. The van der Waals surface area contributed by atoms with Crippen LogP contribution < -0.4 is 0 Å². The molecule has 0 saturated carbocycles. The molecule has 0 aromatic heterocycles. The second-order valence-corrected chi connectivity index (χ2v) is 5.99. The van der Waals surface area contributed by atoms with E-state index in [0.29, 0.717) is 12.1 Å². The molecule has 0 heterocycles. The van der Waals surface area contributed by atoms with Gasteiger partial charge in [0.25, 0.3) is 0 Å². The Morgan fingerprint density at radius 2 is 1.14 bits per heavy atom. The van der Waals surface area contributed by atoms with Crippen molar-refractivity contribution >= 4 is 21.5 Å². The van der Waals surface area contributed by atoms with Crippen LogP contribution in [0, 0.1) is 46.5 Å². The van der Waals surface area contributed by atoms with Crippen LogP contribution in [0.1, 0.15) is 0 Å². The molecule has 0 spiro atoms. The highest BCUT2D eigenvalue weighted by Crippen LogP contribution is 2.41. The summed E-state index contributed by atoms with van der Waals surface area (Å²) < 4.78 is 114. The molecule has 0 aliphatic rings. The molecule has 0 N–H and O–H groups in total. The fourth-order valence-electron chi connectivity index (χ4n) is 3.21. The molecule has 4 rings (SSSR count). The summed E-state index contributed by atoms with van der Waals surface area (Å²) in [6.07, 6.45) is 0. The Hall–Kier alpha value is -3.16. The van der Waals surface area contributed by atoms with Gasteiger partial charge in [0.15, 0.2) is 29.1 Å². The van der Waals surface area contributed by atoms with E-state index < -0.39 is 73.8 Å². The van der Waals surface area contributed by atoms with Crippen molar-refractivity contribution < 1.29 is 35.1 Å². The van der Waals surface area contributed by atoms with E-state index in [1.807, 2.05) is 0 Å². The summed E-state index contributed by atoms with van der Waals surface area (Å²) in [6.45, 7) is 0. The average molecular weight is 398 g/mol.